The fourth-order valence-corrected chi connectivity index (χ4v) is 1.35. The molecule has 78 valence electrons. The van der Waals surface area contributed by atoms with Crippen molar-refractivity contribution in [2.24, 2.45) is 0 Å². The molecule has 0 aliphatic rings. The van der Waals surface area contributed by atoms with E-state index in [2.05, 4.69) is 20.8 Å². The van der Waals surface area contributed by atoms with Gasteiger partial charge in [0.15, 0.2) is 0 Å². The summed E-state index contributed by atoms with van der Waals surface area (Å²) in [5.74, 6) is 0.331. The topological polar surface area (TPSA) is 20.3 Å². The van der Waals surface area contributed by atoms with E-state index in [0.717, 1.165) is 32.4 Å². The van der Waals surface area contributed by atoms with Crippen LogP contribution in [0.2, 0.25) is 0 Å². The van der Waals surface area contributed by atoms with Crippen molar-refractivity contribution < 1.29 is 4.79 Å². The number of carbonyl (C=O) groups excluding carboxylic acids is 1. The highest BCUT2D eigenvalue weighted by Gasteiger charge is 2.09. The molecule has 0 rings (SSSR count). The van der Waals surface area contributed by atoms with Crippen molar-refractivity contribution in [1.82, 2.24) is 4.90 Å². The van der Waals surface area contributed by atoms with Gasteiger partial charge in [-0.05, 0) is 19.3 Å². The Morgan fingerprint density at radius 1 is 1.00 bits per heavy atom. The number of hydrogen-bond donors (Lipinski definition) is 0. The van der Waals surface area contributed by atoms with Gasteiger partial charge in [-0.25, -0.2) is 0 Å². The lowest BCUT2D eigenvalue weighted by Gasteiger charge is -2.21. The third kappa shape index (κ3) is 5.67. The van der Waals surface area contributed by atoms with E-state index in [1.807, 2.05) is 4.90 Å². The van der Waals surface area contributed by atoms with Gasteiger partial charge >= 0.3 is 0 Å². The van der Waals surface area contributed by atoms with Crippen LogP contribution < -0.4 is 0 Å². The molecule has 0 aliphatic carbocycles. The van der Waals surface area contributed by atoms with E-state index < -0.39 is 0 Å². The number of carbonyl (C=O) groups is 1. The fourth-order valence-electron chi connectivity index (χ4n) is 1.35. The first kappa shape index (κ1) is 12.5. The number of hydrogen-bond acceptors (Lipinski definition) is 1. The molecule has 2 nitrogen and oxygen atoms in total. The third-order valence-corrected chi connectivity index (χ3v) is 2.09. The largest absolute Gasteiger partial charge is 0.343 e. The molecule has 1 amide bonds. The number of rotatable bonds is 7. The third-order valence-electron chi connectivity index (χ3n) is 2.09. The molecule has 0 saturated heterocycles. The van der Waals surface area contributed by atoms with Gasteiger partial charge in [0.05, 0.1) is 0 Å². The Morgan fingerprint density at radius 3 is 2.15 bits per heavy atom. The van der Waals surface area contributed by atoms with Crippen LogP contribution in [0.25, 0.3) is 0 Å². The molecular formula is C11H23NO. The highest BCUT2D eigenvalue weighted by molar-refractivity contribution is 5.76. The van der Waals surface area contributed by atoms with E-state index in [0.29, 0.717) is 12.3 Å². The molecule has 0 heterocycles. The summed E-state index contributed by atoms with van der Waals surface area (Å²) >= 11 is 0. The number of nitrogens with zero attached hydrogens (tertiary/aromatic N) is 1. The van der Waals surface area contributed by atoms with Crippen LogP contribution in [0.4, 0.5) is 0 Å². The van der Waals surface area contributed by atoms with E-state index in [1.165, 1.54) is 6.42 Å². The standard InChI is InChI=1S/C11H23NO/c1-4-7-10-12(9-6-3)11(13)8-5-2/h4-10H2,1-3H3. The molecule has 0 aromatic rings. The maximum absolute atomic E-state index is 11.6. The van der Waals surface area contributed by atoms with Crippen molar-refractivity contribution in [3.8, 4) is 0 Å². The minimum atomic E-state index is 0.331. The average molecular weight is 185 g/mol. The minimum absolute atomic E-state index is 0.331. The molecule has 0 fully saturated rings. The van der Waals surface area contributed by atoms with Gasteiger partial charge in [0.25, 0.3) is 0 Å². The lowest BCUT2D eigenvalue weighted by Crippen LogP contribution is -2.32. The van der Waals surface area contributed by atoms with Crippen molar-refractivity contribution >= 4 is 5.91 Å². The number of amides is 1. The number of unbranched alkanes of at least 4 members (excludes halogenated alkanes) is 1. The normalized spacial score (nSPS) is 10.1. The zero-order valence-electron chi connectivity index (χ0n) is 9.31. The summed E-state index contributed by atoms with van der Waals surface area (Å²) in [5.41, 5.74) is 0. The van der Waals surface area contributed by atoms with Crippen LogP contribution in [0.1, 0.15) is 52.9 Å². The lowest BCUT2D eigenvalue weighted by atomic mass is 10.2. The SMILES string of the molecule is CCCCN(CCC)C(=O)CCC. The van der Waals surface area contributed by atoms with Gasteiger partial charge in [-0.1, -0.05) is 27.2 Å². The minimum Gasteiger partial charge on any atom is -0.343 e. The van der Waals surface area contributed by atoms with Crippen molar-refractivity contribution in [2.45, 2.75) is 52.9 Å². The summed E-state index contributed by atoms with van der Waals surface area (Å²) in [6, 6.07) is 0. The molecule has 2 heteroatoms. The average Bonchev–Trinajstić information content (AvgIpc) is 2.12. The van der Waals surface area contributed by atoms with Gasteiger partial charge in [-0.3, -0.25) is 4.79 Å². The van der Waals surface area contributed by atoms with E-state index in [-0.39, 0.29) is 0 Å². The van der Waals surface area contributed by atoms with Crippen LogP contribution in [0.3, 0.4) is 0 Å². The van der Waals surface area contributed by atoms with Crippen LogP contribution in [0.5, 0.6) is 0 Å². The van der Waals surface area contributed by atoms with Gasteiger partial charge in [-0.15, -0.1) is 0 Å². The second-order valence-electron chi connectivity index (χ2n) is 3.48. The van der Waals surface area contributed by atoms with E-state index >= 15 is 0 Å². The monoisotopic (exact) mass is 185 g/mol. The van der Waals surface area contributed by atoms with Crippen LogP contribution in [0.15, 0.2) is 0 Å². The molecule has 0 aromatic carbocycles. The van der Waals surface area contributed by atoms with Crippen molar-refractivity contribution in [3.63, 3.8) is 0 Å². The molecule has 0 bridgehead atoms. The second kappa shape index (κ2) is 8.09. The first-order chi connectivity index (χ1) is 6.26. The van der Waals surface area contributed by atoms with E-state index in [9.17, 15) is 4.79 Å². The highest BCUT2D eigenvalue weighted by Crippen LogP contribution is 2.01. The molecule has 0 saturated carbocycles. The Bertz CT molecular complexity index is 134. The highest BCUT2D eigenvalue weighted by atomic mass is 16.2. The van der Waals surface area contributed by atoms with E-state index in [4.69, 9.17) is 0 Å². The Morgan fingerprint density at radius 2 is 1.69 bits per heavy atom. The molecule has 0 radical (unpaired) electrons. The van der Waals surface area contributed by atoms with Crippen LogP contribution >= 0.6 is 0 Å². The molecule has 0 unspecified atom stereocenters. The Kier molecular flexibility index (Phi) is 7.76. The zero-order valence-corrected chi connectivity index (χ0v) is 9.31. The van der Waals surface area contributed by atoms with Crippen LogP contribution in [-0.2, 0) is 4.79 Å². The molecule has 0 aromatic heterocycles. The fraction of sp³-hybridized carbons (Fsp3) is 0.909. The van der Waals surface area contributed by atoms with E-state index in [1.54, 1.807) is 0 Å². The van der Waals surface area contributed by atoms with Crippen molar-refractivity contribution in [3.05, 3.63) is 0 Å². The zero-order chi connectivity index (χ0) is 10.1. The second-order valence-corrected chi connectivity index (χ2v) is 3.48. The smallest absolute Gasteiger partial charge is 0.222 e. The summed E-state index contributed by atoms with van der Waals surface area (Å²) in [5, 5.41) is 0. The quantitative estimate of drug-likeness (QED) is 0.597. The van der Waals surface area contributed by atoms with Crippen molar-refractivity contribution in [1.29, 1.82) is 0 Å². The first-order valence-electron chi connectivity index (χ1n) is 5.54. The Hall–Kier alpha value is -0.530. The van der Waals surface area contributed by atoms with Crippen molar-refractivity contribution in [2.75, 3.05) is 13.1 Å². The van der Waals surface area contributed by atoms with Gasteiger partial charge in [-0.2, -0.15) is 0 Å². The van der Waals surface area contributed by atoms with Gasteiger partial charge in [0.1, 0.15) is 0 Å². The van der Waals surface area contributed by atoms with Crippen LogP contribution in [-0.4, -0.2) is 23.9 Å². The summed E-state index contributed by atoms with van der Waals surface area (Å²) in [4.78, 5) is 13.6. The molecule has 0 spiro atoms. The summed E-state index contributed by atoms with van der Waals surface area (Å²) in [7, 11) is 0. The predicted octanol–water partition coefficient (Wildman–Crippen LogP) is 2.83. The Labute approximate surface area is 82.3 Å². The molecule has 0 atom stereocenters. The van der Waals surface area contributed by atoms with Crippen LogP contribution in [0, 0.1) is 0 Å². The molecule has 0 aliphatic heterocycles. The van der Waals surface area contributed by atoms with Gasteiger partial charge in [0, 0.05) is 19.5 Å². The maximum Gasteiger partial charge on any atom is 0.222 e. The van der Waals surface area contributed by atoms with Gasteiger partial charge in [0.2, 0.25) is 5.91 Å². The Balaban J connectivity index is 3.83. The molecule has 13 heavy (non-hydrogen) atoms. The molecule has 0 N–H and O–H groups in total. The van der Waals surface area contributed by atoms with Gasteiger partial charge < -0.3 is 4.90 Å². The summed E-state index contributed by atoms with van der Waals surface area (Å²) in [6.07, 6.45) is 5.04. The lowest BCUT2D eigenvalue weighted by molar-refractivity contribution is -0.131. The first-order valence-corrected chi connectivity index (χ1v) is 5.54. The summed E-state index contributed by atoms with van der Waals surface area (Å²) in [6.45, 7) is 8.22. The summed E-state index contributed by atoms with van der Waals surface area (Å²) < 4.78 is 0. The molecular weight excluding hydrogens is 162 g/mol. The predicted molar refractivity (Wildman–Crippen MR) is 56.7 cm³/mol. The maximum atomic E-state index is 11.6.